The van der Waals surface area contributed by atoms with Crippen LogP contribution < -0.4 is 4.74 Å². The number of amides is 2. The van der Waals surface area contributed by atoms with Crippen LogP contribution in [0.1, 0.15) is 44.1 Å². The van der Waals surface area contributed by atoms with Crippen molar-refractivity contribution in [3.8, 4) is 5.75 Å². The van der Waals surface area contributed by atoms with E-state index in [1.54, 1.807) is 14.2 Å². The number of methoxy groups -OCH3 is 2. The summed E-state index contributed by atoms with van der Waals surface area (Å²) in [6.45, 7) is 2.12. The number of hydrogen-bond acceptors (Lipinski definition) is 4. The molecule has 0 N–H and O–H groups in total. The van der Waals surface area contributed by atoms with Gasteiger partial charge >= 0.3 is 0 Å². The van der Waals surface area contributed by atoms with Crippen LogP contribution in [0, 0.1) is 5.92 Å². The molecule has 1 heterocycles. The average Bonchev–Trinajstić information content (AvgIpc) is 3.25. The zero-order valence-corrected chi connectivity index (χ0v) is 17.1. The first-order valence-electron chi connectivity index (χ1n) is 10.3. The topological polar surface area (TPSA) is 59.1 Å². The monoisotopic (exact) mass is 388 g/mol. The van der Waals surface area contributed by atoms with Gasteiger partial charge in [-0.05, 0) is 37.0 Å². The zero-order chi connectivity index (χ0) is 19.9. The predicted octanol–water partition coefficient (Wildman–Crippen LogP) is 2.85. The molecule has 1 saturated carbocycles. The van der Waals surface area contributed by atoms with E-state index in [1.807, 2.05) is 34.1 Å². The molecule has 0 radical (unpaired) electrons. The molecular weight excluding hydrogens is 356 g/mol. The van der Waals surface area contributed by atoms with Gasteiger partial charge in [-0.25, -0.2) is 0 Å². The van der Waals surface area contributed by atoms with E-state index in [0.717, 1.165) is 24.2 Å². The van der Waals surface area contributed by atoms with E-state index >= 15 is 0 Å². The fraction of sp³-hybridized carbons (Fsp3) is 0.636. The Labute approximate surface area is 167 Å². The third kappa shape index (κ3) is 5.04. The molecule has 6 nitrogen and oxygen atoms in total. The molecule has 2 fully saturated rings. The molecule has 1 aromatic carbocycles. The lowest BCUT2D eigenvalue weighted by atomic mass is 9.94. The highest BCUT2D eigenvalue weighted by Gasteiger charge is 2.36. The van der Waals surface area contributed by atoms with Crippen LogP contribution in [0.4, 0.5) is 0 Å². The summed E-state index contributed by atoms with van der Waals surface area (Å²) in [6, 6.07) is 8.13. The number of carbonyl (C=O) groups excluding carboxylic acids is 2. The molecule has 2 amide bonds. The fourth-order valence-electron chi connectivity index (χ4n) is 4.36. The van der Waals surface area contributed by atoms with E-state index in [4.69, 9.17) is 9.47 Å². The van der Waals surface area contributed by atoms with E-state index in [9.17, 15) is 9.59 Å². The number of piperidine rings is 1. The molecule has 0 aromatic heterocycles. The molecule has 28 heavy (non-hydrogen) atoms. The summed E-state index contributed by atoms with van der Waals surface area (Å²) in [5.41, 5.74) is 1.03. The van der Waals surface area contributed by atoms with Gasteiger partial charge in [-0.3, -0.25) is 9.59 Å². The van der Waals surface area contributed by atoms with Gasteiger partial charge in [0.1, 0.15) is 5.75 Å². The number of hydrogen-bond donors (Lipinski definition) is 0. The van der Waals surface area contributed by atoms with Crippen LogP contribution in [0.25, 0.3) is 0 Å². The first-order valence-corrected chi connectivity index (χ1v) is 10.3. The quantitative estimate of drug-likeness (QED) is 0.687. The van der Waals surface area contributed by atoms with E-state index in [0.29, 0.717) is 45.1 Å². The van der Waals surface area contributed by atoms with E-state index in [2.05, 4.69) is 0 Å². The van der Waals surface area contributed by atoms with Crippen LogP contribution in [0.2, 0.25) is 0 Å². The van der Waals surface area contributed by atoms with Crippen molar-refractivity contribution >= 4 is 11.8 Å². The average molecular weight is 389 g/mol. The lowest BCUT2D eigenvalue weighted by Gasteiger charge is -2.38. The van der Waals surface area contributed by atoms with Crippen LogP contribution in [-0.2, 0) is 20.9 Å². The Morgan fingerprint density at radius 3 is 2.71 bits per heavy atom. The van der Waals surface area contributed by atoms with Gasteiger partial charge in [-0.2, -0.15) is 0 Å². The maximum absolute atomic E-state index is 13.3. The van der Waals surface area contributed by atoms with Crippen molar-refractivity contribution in [2.24, 2.45) is 5.92 Å². The van der Waals surface area contributed by atoms with Gasteiger partial charge in [-0.15, -0.1) is 0 Å². The Kier molecular flexibility index (Phi) is 7.31. The van der Waals surface area contributed by atoms with Crippen LogP contribution in [0.3, 0.4) is 0 Å². The maximum atomic E-state index is 13.3. The number of carbonyl (C=O) groups is 2. The first-order chi connectivity index (χ1) is 13.6. The van der Waals surface area contributed by atoms with Gasteiger partial charge in [0.25, 0.3) is 0 Å². The highest BCUT2D eigenvalue weighted by atomic mass is 16.5. The standard InChI is InChI=1S/C22H32N2O4/c1-27-13-12-23(15-17-6-5-9-20(14-17)28-2)22(26)18-10-11-21(25)24(16-18)19-7-3-4-8-19/h5-6,9,14,18-19H,3-4,7-8,10-13,15-16H2,1-2H3/t18-/m1/s1. The highest BCUT2D eigenvalue weighted by Crippen LogP contribution is 2.29. The molecule has 3 rings (SSSR count). The summed E-state index contributed by atoms with van der Waals surface area (Å²) < 4.78 is 10.5. The van der Waals surface area contributed by atoms with Gasteiger partial charge in [-0.1, -0.05) is 25.0 Å². The molecule has 2 aliphatic rings. The van der Waals surface area contributed by atoms with E-state index < -0.39 is 0 Å². The second-order valence-electron chi connectivity index (χ2n) is 7.82. The Hall–Kier alpha value is -2.08. The normalized spacial score (nSPS) is 20.4. The molecule has 0 spiro atoms. The predicted molar refractivity (Wildman–Crippen MR) is 107 cm³/mol. The molecule has 1 aromatic rings. The number of benzene rings is 1. The third-order valence-electron chi connectivity index (χ3n) is 5.94. The number of ether oxygens (including phenoxy) is 2. The number of rotatable bonds is 8. The zero-order valence-electron chi connectivity index (χ0n) is 17.1. The Bertz CT molecular complexity index is 672. The number of likely N-dealkylation sites (tertiary alicyclic amines) is 1. The molecule has 1 atom stereocenters. The van der Waals surface area contributed by atoms with Crippen molar-refractivity contribution in [2.75, 3.05) is 33.9 Å². The van der Waals surface area contributed by atoms with Gasteiger partial charge < -0.3 is 19.3 Å². The molecule has 1 aliphatic heterocycles. The third-order valence-corrected chi connectivity index (χ3v) is 5.94. The minimum absolute atomic E-state index is 0.121. The lowest BCUT2D eigenvalue weighted by Crippen LogP contribution is -2.50. The largest absolute Gasteiger partial charge is 0.497 e. The van der Waals surface area contributed by atoms with Crippen molar-refractivity contribution in [1.82, 2.24) is 9.80 Å². The van der Waals surface area contributed by atoms with Gasteiger partial charge in [0.05, 0.1) is 19.6 Å². The Morgan fingerprint density at radius 1 is 1.21 bits per heavy atom. The molecule has 154 valence electrons. The minimum atomic E-state index is -0.124. The minimum Gasteiger partial charge on any atom is -0.497 e. The highest BCUT2D eigenvalue weighted by molar-refractivity contribution is 5.84. The second-order valence-corrected chi connectivity index (χ2v) is 7.82. The lowest BCUT2D eigenvalue weighted by molar-refractivity contribution is -0.145. The summed E-state index contributed by atoms with van der Waals surface area (Å²) in [4.78, 5) is 29.6. The van der Waals surface area contributed by atoms with Crippen molar-refractivity contribution in [3.05, 3.63) is 29.8 Å². The van der Waals surface area contributed by atoms with Gasteiger partial charge in [0.2, 0.25) is 11.8 Å². The molecule has 6 heteroatoms. The van der Waals surface area contributed by atoms with Crippen LogP contribution in [0.15, 0.2) is 24.3 Å². The Morgan fingerprint density at radius 2 is 2.00 bits per heavy atom. The molecule has 1 aliphatic carbocycles. The Balaban J connectivity index is 1.69. The molecule has 1 saturated heterocycles. The van der Waals surface area contributed by atoms with Gasteiger partial charge in [0, 0.05) is 39.2 Å². The fourth-order valence-corrected chi connectivity index (χ4v) is 4.36. The molecule has 0 unspecified atom stereocenters. The van der Waals surface area contributed by atoms with E-state index in [-0.39, 0.29) is 17.7 Å². The van der Waals surface area contributed by atoms with E-state index in [1.165, 1.54) is 12.8 Å². The smallest absolute Gasteiger partial charge is 0.227 e. The number of nitrogens with zero attached hydrogens (tertiary/aromatic N) is 2. The van der Waals surface area contributed by atoms with Crippen LogP contribution in [0.5, 0.6) is 5.75 Å². The van der Waals surface area contributed by atoms with Crippen molar-refractivity contribution in [3.63, 3.8) is 0 Å². The van der Waals surface area contributed by atoms with Crippen molar-refractivity contribution < 1.29 is 19.1 Å². The maximum Gasteiger partial charge on any atom is 0.227 e. The summed E-state index contributed by atoms with van der Waals surface area (Å²) in [5, 5.41) is 0. The second kappa shape index (κ2) is 9.92. The molecule has 0 bridgehead atoms. The molecular formula is C22H32N2O4. The SMILES string of the molecule is COCCN(Cc1cccc(OC)c1)C(=O)[C@@H]1CCC(=O)N(C2CCCC2)C1. The summed E-state index contributed by atoms with van der Waals surface area (Å²) in [7, 11) is 3.29. The van der Waals surface area contributed by atoms with Crippen molar-refractivity contribution in [1.29, 1.82) is 0 Å². The van der Waals surface area contributed by atoms with Crippen molar-refractivity contribution in [2.45, 2.75) is 51.1 Å². The summed E-state index contributed by atoms with van der Waals surface area (Å²) in [6.07, 6.45) is 5.63. The van der Waals surface area contributed by atoms with Crippen LogP contribution >= 0.6 is 0 Å². The first kappa shape index (κ1) is 20.6. The van der Waals surface area contributed by atoms with Crippen LogP contribution in [-0.4, -0.2) is 61.6 Å². The summed E-state index contributed by atoms with van der Waals surface area (Å²) in [5.74, 6) is 0.996. The summed E-state index contributed by atoms with van der Waals surface area (Å²) >= 11 is 0. The van der Waals surface area contributed by atoms with Gasteiger partial charge in [0.15, 0.2) is 0 Å².